The number of rotatable bonds is 3. The Morgan fingerprint density at radius 3 is 3.06 bits per heavy atom. The minimum atomic E-state index is 0.0988. The molecule has 0 aromatic carbocycles. The van der Waals surface area contributed by atoms with Gasteiger partial charge in [0.2, 0.25) is 0 Å². The minimum Gasteiger partial charge on any atom is -0.374 e. The largest absolute Gasteiger partial charge is 0.374 e. The Morgan fingerprint density at radius 1 is 1.47 bits per heavy atom. The van der Waals surface area contributed by atoms with Gasteiger partial charge in [-0.1, -0.05) is 23.2 Å². The second-order valence-corrected chi connectivity index (χ2v) is 4.82. The lowest BCUT2D eigenvalue weighted by atomic mass is 10.2. The van der Waals surface area contributed by atoms with Gasteiger partial charge >= 0.3 is 0 Å². The lowest BCUT2D eigenvalue weighted by molar-refractivity contribution is -0.0264. The van der Waals surface area contributed by atoms with E-state index in [1.807, 2.05) is 0 Å². The first-order valence-electron chi connectivity index (χ1n) is 5.54. The highest BCUT2D eigenvalue weighted by Crippen LogP contribution is 2.19. The molecule has 4 nitrogen and oxygen atoms in total. The number of hydrogen-bond donors (Lipinski definition) is 1. The monoisotopic (exact) mass is 275 g/mol. The highest BCUT2D eigenvalue weighted by atomic mass is 35.5. The SMILES string of the molecule is NCC1CN(Cc2nc(Cl)ccc2Cl)CCO1. The molecule has 0 bridgehead atoms. The van der Waals surface area contributed by atoms with Gasteiger partial charge in [0.05, 0.1) is 23.4 Å². The van der Waals surface area contributed by atoms with E-state index in [1.165, 1.54) is 0 Å². The Labute approximate surface area is 111 Å². The van der Waals surface area contributed by atoms with Crippen LogP contribution in [-0.4, -0.2) is 42.2 Å². The third-order valence-corrected chi connectivity index (χ3v) is 3.30. The topological polar surface area (TPSA) is 51.4 Å². The van der Waals surface area contributed by atoms with Crippen LogP contribution in [0.5, 0.6) is 0 Å². The second-order valence-electron chi connectivity index (χ2n) is 4.03. The lowest BCUT2D eigenvalue weighted by Crippen LogP contribution is -2.45. The molecule has 1 unspecified atom stereocenters. The van der Waals surface area contributed by atoms with Crippen LogP contribution in [0.3, 0.4) is 0 Å². The van der Waals surface area contributed by atoms with Crippen LogP contribution in [-0.2, 0) is 11.3 Å². The molecule has 0 aliphatic carbocycles. The summed E-state index contributed by atoms with van der Waals surface area (Å²) in [6.07, 6.45) is 0.0988. The fourth-order valence-electron chi connectivity index (χ4n) is 1.85. The summed E-state index contributed by atoms with van der Waals surface area (Å²) >= 11 is 11.9. The Bertz CT molecular complexity index is 389. The van der Waals surface area contributed by atoms with Gasteiger partial charge in [-0.3, -0.25) is 4.90 Å². The van der Waals surface area contributed by atoms with Crippen molar-refractivity contribution in [3.8, 4) is 0 Å². The number of hydrogen-bond acceptors (Lipinski definition) is 4. The first-order valence-corrected chi connectivity index (χ1v) is 6.29. The molecule has 2 rings (SSSR count). The predicted octanol–water partition coefficient (Wildman–Crippen LogP) is 1.55. The molecule has 94 valence electrons. The van der Waals surface area contributed by atoms with E-state index in [-0.39, 0.29) is 6.10 Å². The maximum atomic E-state index is 6.08. The van der Waals surface area contributed by atoms with E-state index in [1.54, 1.807) is 12.1 Å². The van der Waals surface area contributed by atoms with Crippen molar-refractivity contribution in [3.63, 3.8) is 0 Å². The van der Waals surface area contributed by atoms with Crippen LogP contribution in [0, 0.1) is 0 Å². The van der Waals surface area contributed by atoms with Crippen LogP contribution in [0.1, 0.15) is 5.69 Å². The summed E-state index contributed by atoms with van der Waals surface area (Å²) in [5.41, 5.74) is 6.40. The van der Waals surface area contributed by atoms with Crippen LogP contribution in [0.2, 0.25) is 10.2 Å². The zero-order valence-corrected chi connectivity index (χ0v) is 10.9. The minimum absolute atomic E-state index is 0.0988. The van der Waals surface area contributed by atoms with Crippen molar-refractivity contribution in [1.82, 2.24) is 9.88 Å². The standard InChI is InChI=1S/C11H15Cl2N3O/c12-9-1-2-11(13)15-10(9)7-16-3-4-17-8(5-14)6-16/h1-2,8H,3-7,14H2. The number of nitrogens with zero attached hydrogens (tertiary/aromatic N) is 2. The Morgan fingerprint density at radius 2 is 2.29 bits per heavy atom. The Balaban J connectivity index is 2.02. The summed E-state index contributed by atoms with van der Waals surface area (Å²) in [7, 11) is 0. The number of nitrogens with two attached hydrogens (primary N) is 1. The number of morpholine rings is 1. The first kappa shape index (κ1) is 13.1. The van der Waals surface area contributed by atoms with E-state index in [0.29, 0.717) is 29.9 Å². The molecule has 17 heavy (non-hydrogen) atoms. The average Bonchev–Trinajstić information content (AvgIpc) is 2.34. The second kappa shape index (κ2) is 5.98. The summed E-state index contributed by atoms with van der Waals surface area (Å²) in [6, 6.07) is 3.46. The molecule has 1 aromatic heterocycles. The fourth-order valence-corrected chi connectivity index (χ4v) is 2.18. The quantitative estimate of drug-likeness (QED) is 0.851. The van der Waals surface area contributed by atoms with Crippen LogP contribution in [0.25, 0.3) is 0 Å². The highest BCUT2D eigenvalue weighted by molar-refractivity contribution is 6.32. The van der Waals surface area contributed by atoms with Crippen LogP contribution in [0.4, 0.5) is 0 Å². The summed E-state index contributed by atoms with van der Waals surface area (Å²) < 4.78 is 5.50. The van der Waals surface area contributed by atoms with E-state index in [2.05, 4.69) is 9.88 Å². The maximum Gasteiger partial charge on any atom is 0.129 e. The van der Waals surface area contributed by atoms with Gasteiger partial charge in [0.1, 0.15) is 5.15 Å². The third kappa shape index (κ3) is 3.53. The van der Waals surface area contributed by atoms with E-state index in [0.717, 1.165) is 18.8 Å². The highest BCUT2D eigenvalue weighted by Gasteiger charge is 2.20. The average molecular weight is 276 g/mol. The molecule has 1 saturated heterocycles. The zero-order chi connectivity index (χ0) is 12.3. The molecule has 1 aliphatic rings. The smallest absolute Gasteiger partial charge is 0.129 e. The molecule has 2 heterocycles. The third-order valence-electron chi connectivity index (χ3n) is 2.74. The molecule has 1 aromatic rings. The normalized spacial score (nSPS) is 21.7. The number of aromatic nitrogens is 1. The summed E-state index contributed by atoms with van der Waals surface area (Å²) in [4.78, 5) is 6.47. The van der Waals surface area contributed by atoms with Crippen molar-refractivity contribution in [1.29, 1.82) is 0 Å². The van der Waals surface area contributed by atoms with Crippen molar-refractivity contribution in [2.75, 3.05) is 26.2 Å². The van der Waals surface area contributed by atoms with Crippen molar-refractivity contribution in [2.45, 2.75) is 12.6 Å². The fraction of sp³-hybridized carbons (Fsp3) is 0.545. The van der Waals surface area contributed by atoms with Crippen molar-refractivity contribution < 1.29 is 4.74 Å². The van der Waals surface area contributed by atoms with Gasteiger partial charge in [-0.05, 0) is 12.1 Å². The summed E-state index contributed by atoms with van der Waals surface area (Å²) in [5.74, 6) is 0. The Hall–Kier alpha value is -0.390. The van der Waals surface area contributed by atoms with Crippen LogP contribution >= 0.6 is 23.2 Å². The van der Waals surface area contributed by atoms with E-state index in [9.17, 15) is 0 Å². The van der Waals surface area contributed by atoms with Crippen LogP contribution in [0.15, 0.2) is 12.1 Å². The number of pyridine rings is 1. The van der Waals surface area contributed by atoms with Crippen molar-refractivity contribution in [2.24, 2.45) is 5.73 Å². The van der Waals surface area contributed by atoms with Gasteiger partial charge < -0.3 is 10.5 Å². The number of ether oxygens (including phenoxy) is 1. The van der Waals surface area contributed by atoms with Gasteiger partial charge in [-0.2, -0.15) is 0 Å². The van der Waals surface area contributed by atoms with Crippen LogP contribution < -0.4 is 5.73 Å². The van der Waals surface area contributed by atoms with Crippen molar-refractivity contribution in [3.05, 3.63) is 28.0 Å². The van der Waals surface area contributed by atoms with E-state index < -0.39 is 0 Å². The molecule has 0 spiro atoms. The molecular weight excluding hydrogens is 261 g/mol. The molecule has 1 atom stereocenters. The molecule has 0 amide bonds. The molecule has 0 radical (unpaired) electrons. The molecule has 0 saturated carbocycles. The first-order chi connectivity index (χ1) is 8.19. The van der Waals surface area contributed by atoms with Gasteiger partial charge in [0, 0.05) is 26.2 Å². The molecule has 6 heteroatoms. The van der Waals surface area contributed by atoms with Crippen molar-refractivity contribution >= 4 is 23.2 Å². The van der Waals surface area contributed by atoms with E-state index >= 15 is 0 Å². The van der Waals surface area contributed by atoms with E-state index in [4.69, 9.17) is 33.7 Å². The maximum absolute atomic E-state index is 6.08. The predicted molar refractivity (Wildman–Crippen MR) is 68.3 cm³/mol. The molecule has 2 N–H and O–H groups in total. The summed E-state index contributed by atoms with van der Waals surface area (Å²) in [6.45, 7) is 3.58. The zero-order valence-electron chi connectivity index (χ0n) is 9.40. The molecule has 1 aliphatic heterocycles. The van der Waals surface area contributed by atoms with Gasteiger partial charge in [-0.25, -0.2) is 4.98 Å². The number of halogens is 2. The molecular formula is C11H15Cl2N3O. The Kier molecular flexibility index (Phi) is 4.59. The van der Waals surface area contributed by atoms with Gasteiger partial charge in [0.25, 0.3) is 0 Å². The van der Waals surface area contributed by atoms with Gasteiger partial charge in [0.15, 0.2) is 0 Å². The molecule has 1 fully saturated rings. The summed E-state index contributed by atoms with van der Waals surface area (Å²) in [5, 5.41) is 1.11. The lowest BCUT2D eigenvalue weighted by Gasteiger charge is -2.32. The van der Waals surface area contributed by atoms with Gasteiger partial charge in [-0.15, -0.1) is 0 Å².